The van der Waals surface area contributed by atoms with Crippen LogP contribution in [0, 0.1) is 0 Å². The third-order valence-corrected chi connectivity index (χ3v) is 2.67. The molecule has 0 fully saturated rings. The van der Waals surface area contributed by atoms with Crippen LogP contribution in [-0.2, 0) is 10.3 Å². The molecule has 5 nitrogen and oxygen atoms in total. The van der Waals surface area contributed by atoms with Gasteiger partial charge in [0.2, 0.25) is 5.89 Å². The predicted molar refractivity (Wildman–Crippen MR) is 61.0 cm³/mol. The molecule has 17 heavy (non-hydrogen) atoms. The Kier molecular flexibility index (Phi) is 2.63. The fraction of sp³-hybridized carbons (Fsp3) is 0.333. The second kappa shape index (κ2) is 3.85. The zero-order valence-electron chi connectivity index (χ0n) is 9.85. The standard InChI is InChI=1S/C12H13NO4/c1-12(2,16-3)11-13-8-6-4-5-7(10(14)15)9(8)17-11/h4-6H,1-3H3,(H,14,15). The molecule has 1 aromatic heterocycles. The lowest BCUT2D eigenvalue weighted by Crippen LogP contribution is -2.19. The van der Waals surface area contributed by atoms with Gasteiger partial charge in [-0.1, -0.05) is 6.07 Å². The maximum Gasteiger partial charge on any atom is 0.339 e. The average molecular weight is 235 g/mol. The van der Waals surface area contributed by atoms with E-state index in [1.54, 1.807) is 33.1 Å². The summed E-state index contributed by atoms with van der Waals surface area (Å²) in [6, 6.07) is 4.83. The largest absolute Gasteiger partial charge is 0.478 e. The van der Waals surface area contributed by atoms with Crippen molar-refractivity contribution in [1.29, 1.82) is 0 Å². The molecule has 0 radical (unpaired) electrons. The quantitative estimate of drug-likeness (QED) is 0.884. The molecule has 0 unspecified atom stereocenters. The fourth-order valence-corrected chi connectivity index (χ4v) is 1.46. The van der Waals surface area contributed by atoms with E-state index in [4.69, 9.17) is 14.3 Å². The van der Waals surface area contributed by atoms with Crippen LogP contribution in [0.5, 0.6) is 0 Å². The molecule has 2 rings (SSSR count). The Labute approximate surface area is 98.0 Å². The molecule has 0 saturated carbocycles. The number of carboxylic acids is 1. The fourth-order valence-electron chi connectivity index (χ4n) is 1.46. The van der Waals surface area contributed by atoms with E-state index in [-0.39, 0.29) is 11.1 Å². The van der Waals surface area contributed by atoms with Crippen molar-refractivity contribution in [3.05, 3.63) is 29.7 Å². The lowest BCUT2D eigenvalue weighted by atomic mass is 10.1. The van der Waals surface area contributed by atoms with E-state index in [9.17, 15) is 4.79 Å². The molecular formula is C12H13NO4. The van der Waals surface area contributed by atoms with Gasteiger partial charge in [-0.3, -0.25) is 0 Å². The van der Waals surface area contributed by atoms with Crippen LogP contribution in [0.2, 0.25) is 0 Å². The van der Waals surface area contributed by atoms with Gasteiger partial charge in [0.15, 0.2) is 5.58 Å². The molecular weight excluding hydrogens is 222 g/mol. The van der Waals surface area contributed by atoms with E-state index >= 15 is 0 Å². The normalized spacial score (nSPS) is 11.9. The summed E-state index contributed by atoms with van der Waals surface area (Å²) in [7, 11) is 1.55. The molecule has 2 aromatic rings. The van der Waals surface area contributed by atoms with Crippen LogP contribution < -0.4 is 0 Å². The van der Waals surface area contributed by atoms with E-state index < -0.39 is 11.6 Å². The van der Waals surface area contributed by atoms with Gasteiger partial charge < -0.3 is 14.3 Å². The number of carbonyl (C=O) groups is 1. The highest BCUT2D eigenvalue weighted by molar-refractivity contribution is 5.99. The van der Waals surface area contributed by atoms with Crippen LogP contribution in [0.3, 0.4) is 0 Å². The molecule has 0 amide bonds. The minimum atomic E-state index is -1.03. The second-order valence-electron chi connectivity index (χ2n) is 4.19. The number of para-hydroxylation sites is 1. The number of aromatic nitrogens is 1. The zero-order chi connectivity index (χ0) is 12.6. The molecule has 1 aromatic carbocycles. The summed E-state index contributed by atoms with van der Waals surface area (Å²) in [6.45, 7) is 3.61. The third-order valence-electron chi connectivity index (χ3n) is 2.67. The van der Waals surface area contributed by atoms with Crippen LogP contribution in [0.4, 0.5) is 0 Å². The number of carboxylic acid groups (broad SMARTS) is 1. The Morgan fingerprint density at radius 2 is 2.18 bits per heavy atom. The molecule has 90 valence electrons. The van der Waals surface area contributed by atoms with Crippen molar-refractivity contribution in [2.45, 2.75) is 19.4 Å². The molecule has 0 aliphatic carbocycles. The van der Waals surface area contributed by atoms with E-state index in [1.165, 1.54) is 6.07 Å². The number of benzene rings is 1. The monoisotopic (exact) mass is 235 g/mol. The maximum absolute atomic E-state index is 11.0. The number of ether oxygens (including phenoxy) is 1. The molecule has 0 atom stereocenters. The summed E-state index contributed by atoms with van der Waals surface area (Å²) in [6.07, 6.45) is 0. The number of fused-ring (bicyclic) bond motifs is 1. The van der Waals surface area contributed by atoms with E-state index in [1.807, 2.05) is 0 Å². The van der Waals surface area contributed by atoms with Gasteiger partial charge in [-0.05, 0) is 26.0 Å². The van der Waals surface area contributed by atoms with Crippen molar-refractivity contribution in [2.24, 2.45) is 0 Å². The number of rotatable bonds is 3. The first kappa shape index (κ1) is 11.6. The van der Waals surface area contributed by atoms with Crippen molar-refractivity contribution >= 4 is 17.1 Å². The van der Waals surface area contributed by atoms with Gasteiger partial charge in [0.05, 0.1) is 0 Å². The van der Waals surface area contributed by atoms with Crippen molar-refractivity contribution in [3.63, 3.8) is 0 Å². The first-order chi connectivity index (χ1) is 7.95. The van der Waals surface area contributed by atoms with Crippen LogP contribution in [0.25, 0.3) is 11.1 Å². The van der Waals surface area contributed by atoms with Crippen molar-refractivity contribution in [3.8, 4) is 0 Å². The zero-order valence-corrected chi connectivity index (χ0v) is 9.85. The topological polar surface area (TPSA) is 72.6 Å². The number of nitrogens with zero attached hydrogens (tertiary/aromatic N) is 1. The summed E-state index contributed by atoms with van der Waals surface area (Å²) in [4.78, 5) is 15.3. The Morgan fingerprint density at radius 1 is 1.47 bits per heavy atom. The highest BCUT2D eigenvalue weighted by Gasteiger charge is 2.27. The van der Waals surface area contributed by atoms with Crippen LogP contribution in [-0.4, -0.2) is 23.2 Å². The van der Waals surface area contributed by atoms with Gasteiger partial charge in [0.25, 0.3) is 0 Å². The van der Waals surface area contributed by atoms with E-state index in [2.05, 4.69) is 4.98 Å². The summed E-state index contributed by atoms with van der Waals surface area (Å²) < 4.78 is 10.7. The minimum absolute atomic E-state index is 0.105. The molecule has 0 aliphatic rings. The summed E-state index contributed by atoms with van der Waals surface area (Å²) >= 11 is 0. The highest BCUT2D eigenvalue weighted by Crippen LogP contribution is 2.28. The first-order valence-electron chi connectivity index (χ1n) is 5.14. The molecule has 0 saturated heterocycles. The Morgan fingerprint density at radius 3 is 2.76 bits per heavy atom. The number of aromatic carboxylic acids is 1. The van der Waals surface area contributed by atoms with Gasteiger partial charge in [-0.2, -0.15) is 0 Å². The minimum Gasteiger partial charge on any atom is -0.478 e. The van der Waals surface area contributed by atoms with Gasteiger partial charge in [-0.15, -0.1) is 0 Å². The van der Waals surface area contributed by atoms with Crippen LogP contribution >= 0.6 is 0 Å². The number of hydrogen-bond donors (Lipinski definition) is 1. The Bertz CT molecular complexity index is 571. The van der Waals surface area contributed by atoms with Crippen molar-refractivity contribution in [2.75, 3.05) is 7.11 Å². The maximum atomic E-state index is 11.0. The third kappa shape index (κ3) is 1.89. The van der Waals surface area contributed by atoms with Crippen molar-refractivity contribution < 1.29 is 19.1 Å². The number of oxazole rings is 1. The highest BCUT2D eigenvalue weighted by atomic mass is 16.5. The van der Waals surface area contributed by atoms with Gasteiger partial charge >= 0.3 is 5.97 Å². The summed E-state index contributed by atoms with van der Waals surface area (Å²) in [5.74, 6) is -0.669. The molecule has 5 heteroatoms. The SMILES string of the molecule is COC(C)(C)c1nc2cccc(C(=O)O)c2o1. The number of methoxy groups -OCH3 is 1. The van der Waals surface area contributed by atoms with Gasteiger partial charge in [0.1, 0.15) is 16.7 Å². The van der Waals surface area contributed by atoms with Crippen LogP contribution in [0.1, 0.15) is 30.1 Å². The summed E-state index contributed by atoms with van der Waals surface area (Å²) in [5.41, 5.74) is 0.215. The van der Waals surface area contributed by atoms with Gasteiger partial charge in [-0.25, -0.2) is 9.78 Å². The first-order valence-corrected chi connectivity index (χ1v) is 5.14. The smallest absolute Gasteiger partial charge is 0.339 e. The Hall–Kier alpha value is -1.88. The Balaban J connectivity index is 2.66. The van der Waals surface area contributed by atoms with Crippen LogP contribution in [0.15, 0.2) is 22.6 Å². The molecule has 0 aliphatic heterocycles. The van der Waals surface area contributed by atoms with Crippen molar-refractivity contribution in [1.82, 2.24) is 4.98 Å². The average Bonchev–Trinajstić information content (AvgIpc) is 2.72. The lowest BCUT2D eigenvalue weighted by Gasteiger charge is -2.17. The molecule has 0 spiro atoms. The number of hydrogen-bond acceptors (Lipinski definition) is 4. The van der Waals surface area contributed by atoms with Gasteiger partial charge in [0, 0.05) is 7.11 Å². The van der Waals surface area contributed by atoms with E-state index in [0.29, 0.717) is 11.4 Å². The van der Waals surface area contributed by atoms with E-state index in [0.717, 1.165) is 0 Å². The lowest BCUT2D eigenvalue weighted by molar-refractivity contribution is -0.00248. The molecule has 1 N–H and O–H groups in total. The molecule has 0 bridgehead atoms. The molecule has 1 heterocycles. The predicted octanol–water partition coefficient (Wildman–Crippen LogP) is 2.41. The second-order valence-corrected chi connectivity index (χ2v) is 4.19. The summed E-state index contributed by atoms with van der Waals surface area (Å²) in [5, 5.41) is 9.03.